The summed E-state index contributed by atoms with van der Waals surface area (Å²) in [5, 5.41) is 9.88. The Kier molecular flexibility index (Phi) is 5.73. The van der Waals surface area contributed by atoms with Crippen molar-refractivity contribution in [2.24, 2.45) is 0 Å². The van der Waals surface area contributed by atoms with Crippen molar-refractivity contribution in [2.45, 2.75) is 51.6 Å². The Labute approximate surface area is 130 Å². The highest BCUT2D eigenvalue weighted by molar-refractivity contribution is 9.10. The molecule has 1 saturated carbocycles. The minimum Gasteiger partial charge on any atom is -0.503 e. The van der Waals surface area contributed by atoms with Crippen LogP contribution < -0.4 is 4.74 Å². The highest BCUT2D eigenvalue weighted by Gasteiger charge is 2.20. The second-order valence-corrected chi connectivity index (χ2v) is 6.34. The predicted molar refractivity (Wildman–Crippen MR) is 85.3 cm³/mol. The standard InChI is InChI=1S/C16H24BrNO2/c1-3-18(13-7-5-4-6-8-13)11-12-9-14(17)16(19)15(10-12)20-2/h9-10,13,19H,3-8,11H2,1-2H3. The Hall–Kier alpha value is -0.740. The van der Waals surface area contributed by atoms with E-state index in [9.17, 15) is 5.11 Å². The van der Waals surface area contributed by atoms with Crippen molar-refractivity contribution in [3.8, 4) is 11.5 Å². The van der Waals surface area contributed by atoms with E-state index in [4.69, 9.17) is 4.74 Å². The number of hydrogen-bond acceptors (Lipinski definition) is 3. The largest absolute Gasteiger partial charge is 0.503 e. The molecule has 2 rings (SSSR count). The third-order valence-electron chi connectivity index (χ3n) is 4.19. The maximum Gasteiger partial charge on any atom is 0.172 e. The van der Waals surface area contributed by atoms with Crippen molar-refractivity contribution in [1.82, 2.24) is 4.90 Å². The van der Waals surface area contributed by atoms with Crippen LogP contribution in [0.3, 0.4) is 0 Å². The highest BCUT2D eigenvalue weighted by Crippen LogP contribution is 2.36. The number of rotatable bonds is 5. The molecule has 0 saturated heterocycles. The molecule has 0 heterocycles. The van der Waals surface area contributed by atoms with E-state index in [-0.39, 0.29) is 5.75 Å². The molecule has 0 aliphatic heterocycles. The van der Waals surface area contributed by atoms with Gasteiger partial charge in [-0.3, -0.25) is 4.90 Å². The van der Waals surface area contributed by atoms with Crippen molar-refractivity contribution in [2.75, 3.05) is 13.7 Å². The minimum atomic E-state index is 0.178. The smallest absolute Gasteiger partial charge is 0.172 e. The Morgan fingerprint density at radius 3 is 2.60 bits per heavy atom. The van der Waals surface area contributed by atoms with E-state index < -0.39 is 0 Å². The van der Waals surface area contributed by atoms with Gasteiger partial charge in [-0.1, -0.05) is 26.2 Å². The second kappa shape index (κ2) is 7.32. The molecule has 0 bridgehead atoms. The molecule has 112 valence electrons. The average molecular weight is 342 g/mol. The summed E-state index contributed by atoms with van der Waals surface area (Å²) < 4.78 is 5.93. The van der Waals surface area contributed by atoms with Crippen LogP contribution >= 0.6 is 15.9 Å². The molecule has 1 aromatic carbocycles. The van der Waals surface area contributed by atoms with Gasteiger partial charge >= 0.3 is 0 Å². The van der Waals surface area contributed by atoms with Gasteiger partial charge in [0, 0.05) is 12.6 Å². The zero-order chi connectivity index (χ0) is 14.5. The van der Waals surface area contributed by atoms with Crippen LogP contribution in [0.1, 0.15) is 44.6 Å². The molecule has 1 aliphatic carbocycles. The van der Waals surface area contributed by atoms with E-state index in [2.05, 4.69) is 27.8 Å². The van der Waals surface area contributed by atoms with E-state index in [0.29, 0.717) is 16.3 Å². The van der Waals surface area contributed by atoms with Gasteiger partial charge < -0.3 is 9.84 Å². The van der Waals surface area contributed by atoms with Crippen LogP contribution in [0.4, 0.5) is 0 Å². The van der Waals surface area contributed by atoms with Gasteiger partial charge in [0.15, 0.2) is 11.5 Å². The number of aromatic hydroxyl groups is 1. The van der Waals surface area contributed by atoms with Crippen LogP contribution in [0.2, 0.25) is 0 Å². The third-order valence-corrected chi connectivity index (χ3v) is 4.80. The third kappa shape index (κ3) is 3.67. The zero-order valence-electron chi connectivity index (χ0n) is 12.4. The fourth-order valence-electron chi connectivity index (χ4n) is 3.05. The first-order chi connectivity index (χ1) is 9.65. The summed E-state index contributed by atoms with van der Waals surface area (Å²) in [4.78, 5) is 2.54. The van der Waals surface area contributed by atoms with Gasteiger partial charge in [0.05, 0.1) is 11.6 Å². The molecule has 4 heteroatoms. The molecule has 0 aromatic heterocycles. The molecule has 0 amide bonds. The lowest BCUT2D eigenvalue weighted by molar-refractivity contribution is 0.156. The lowest BCUT2D eigenvalue weighted by Gasteiger charge is -2.33. The van der Waals surface area contributed by atoms with E-state index in [1.54, 1.807) is 7.11 Å². The summed E-state index contributed by atoms with van der Waals surface area (Å²) in [5.41, 5.74) is 1.18. The topological polar surface area (TPSA) is 32.7 Å². The minimum absolute atomic E-state index is 0.178. The quantitative estimate of drug-likeness (QED) is 0.865. The van der Waals surface area contributed by atoms with Crippen LogP contribution in [0.5, 0.6) is 11.5 Å². The number of nitrogens with zero attached hydrogens (tertiary/aromatic N) is 1. The average Bonchev–Trinajstić information content (AvgIpc) is 2.49. The molecule has 20 heavy (non-hydrogen) atoms. The monoisotopic (exact) mass is 341 g/mol. The highest BCUT2D eigenvalue weighted by atomic mass is 79.9. The number of methoxy groups -OCH3 is 1. The first-order valence-corrected chi connectivity index (χ1v) is 8.24. The first-order valence-electron chi connectivity index (χ1n) is 7.45. The molecule has 1 N–H and O–H groups in total. The maximum absolute atomic E-state index is 9.88. The number of phenolic OH excluding ortho intramolecular Hbond substituents is 1. The van der Waals surface area contributed by atoms with Gasteiger partial charge in [0.25, 0.3) is 0 Å². The van der Waals surface area contributed by atoms with E-state index in [1.165, 1.54) is 37.7 Å². The van der Waals surface area contributed by atoms with Gasteiger partial charge in [0.1, 0.15) is 0 Å². The summed E-state index contributed by atoms with van der Waals surface area (Å²) in [6, 6.07) is 4.63. The molecule has 1 aliphatic rings. The normalized spacial score (nSPS) is 16.6. The van der Waals surface area contributed by atoms with Crippen molar-refractivity contribution in [3.05, 3.63) is 22.2 Å². The molecule has 3 nitrogen and oxygen atoms in total. The number of phenols is 1. The van der Waals surface area contributed by atoms with Crippen LogP contribution in [-0.2, 0) is 6.54 Å². The Morgan fingerprint density at radius 2 is 2.00 bits per heavy atom. The number of hydrogen-bond donors (Lipinski definition) is 1. The van der Waals surface area contributed by atoms with E-state index in [1.807, 2.05) is 12.1 Å². The Morgan fingerprint density at radius 1 is 1.30 bits per heavy atom. The summed E-state index contributed by atoms with van der Waals surface area (Å²) in [5.74, 6) is 0.714. The maximum atomic E-state index is 9.88. The van der Waals surface area contributed by atoms with Crippen LogP contribution in [-0.4, -0.2) is 29.7 Å². The van der Waals surface area contributed by atoms with Gasteiger partial charge in [0.2, 0.25) is 0 Å². The zero-order valence-corrected chi connectivity index (χ0v) is 13.9. The van der Waals surface area contributed by atoms with Crippen molar-refractivity contribution >= 4 is 15.9 Å². The van der Waals surface area contributed by atoms with Crippen LogP contribution in [0, 0.1) is 0 Å². The van der Waals surface area contributed by atoms with Gasteiger partial charge in [-0.25, -0.2) is 0 Å². The first kappa shape index (κ1) is 15.6. The molecule has 0 radical (unpaired) electrons. The molecular weight excluding hydrogens is 318 g/mol. The SMILES string of the molecule is CCN(Cc1cc(Br)c(O)c(OC)c1)C1CCCCC1. The molecule has 0 unspecified atom stereocenters. The second-order valence-electron chi connectivity index (χ2n) is 5.48. The fourth-order valence-corrected chi connectivity index (χ4v) is 3.54. The van der Waals surface area contributed by atoms with Crippen molar-refractivity contribution in [3.63, 3.8) is 0 Å². The number of ether oxygens (including phenoxy) is 1. The van der Waals surface area contributed by atoms with Crippen LogP contribution in [0.15, 0.2) is 16.6 Å². The van der Waals surface area contributed by atoms with Crippen LogP contribution in [0.25, 0.3) is 0 Å². The predicted octanol–water partition coefficient (Wildman–Crippen LogP) is 4.32. The van der Waals surface area contributed by atoms with Gasteiger partial charge in [-0.15, -0.1) is 0 Å². The molecule has 0 spiro atoms. The molecule has 1 aromatic rings. The van der Waals surface area contributed by atoms with Crippen molar-refractivity contribution in [1.29, 1.82) is 0 Å². The lowest BCUT2D eigenvalue weighted by Crippen LogP contribution is -2.36. The van der Waals surface area contributed by atoms with Gasteiger partial charge in [-0.05, 0) is 53.0 Å². The molecule has 1 fully saturated rings. The summed E-state index contributed by atoms with van der Waals surface area (Å²) in [6.45, 7) is 4.20. The fraction of sp³-hybridized carbons (Fsp3) is 0.625. The summed E-state index contributed by atoms with van der Waals surface area (Å²) >= 11 is 3.40. The number of benzene rings is 1. The Balaban J connectivity index is 2.12. The van der Waals surface area contributed by atoms with E-state index in [0.717, 1.165) is 13.1 Å². The number of halogens is 1. The summed E-state index contributed by atoms with van der Waals surface area (Å²) in [6.07, 6.45) is 6.70. The lowest BCUT2D eigenvalue weighted by atomic mass is 9.94. The van der Waals surface area contributed by atoms with Crippen molar-refractivity contribution < 1.29 is 9.84 Å². The molecule has 0 atom stereocenters. The Bertz CT molecular complexity index is 444. The molecular formula is C16H24BrNO2. The van der Waals surface area contributed by atoms with E-state index >= 15 is 0 Å². The van der Waals surface area contributed by atoms with Gasteiger partial charge in [-0.2, -0.15) is 0 Å². The summed E-state index contributed by atoms with van der Waals surface area (Å²) in [7, 11) is 1.59.